The standard InChI is InChI=1S/C24H27NO6S3/c1-7-8-9-16(26)25-15-11-10-13(29-4)12-14(15)17(20(32)24(25,2)3)23-33-18(21(27)30-5)19(34-23)22(28)31-6/h10-12H,7-9H2,1-6H3. The van der Waals surface area contributed by atoms with Crippen LogP contribution in [0.2, 0.25) is 0 Å². The number of anilines is 1. The lowest BCUT2D eigenvalue weighted by Crippen LogP contribution is -2.55. The second-order valence-electron chi connectivity index (χ2n) is 8.11. The van der Waals surface area contributed by atoms with E-state index in [1.54, 1.807) is 18.1 Å². The molecule has 1 amide bonds. The fourth-order valence-corrected chi connectivity index (χ4v) is 6.85. The maximum atomic E-state index is 13.3. The molecular formula is C24H27NO6S3. The summed E-state index contributed by atoms with van der Waals surface area (Å²) >= 11 is 8.20. The third-order valence-electron chi connectivity index (χ3n) is 5.59. The van der Waals surface area contributed by atoms with Crippen molar-refractivity contribution in [2.45, 2.75) is 45.6 Å². The van der Waals surface area contributed by atoms with E-state index < -0.39 is 17.5 Å². The molecule has 0 aliphatic carbocycles. The maximum absolute atomic E-state index is 13.3. The minimum atomic E-state index is -0.815. The number of thioether (sulfide) groups is 2. The van der Waals surface area contributed by atoms with Crippen molar-refractivity contribution in [2.75, 3.05) is 26.2 Å². The van der Waals surface area contributed by atoms with E-state index in [9.17, 15) is 14.4 Å². The zero-order chi connectivity index (χ0) is 25.2. The van der Waals surface area contributed by atoms with Gasteiger partial charge in [-0.15, -0.1) is 0 Å². The van der Waals surface area contributed by atoms with Crippen molar-refractivity contribution in [1.29, 1.82) is 0 Å². The van der Waals surface area contributed by atoms with Gasteiger partial charge in [-0.2, -0.15) is 0 Å². The summed E-state index contributed by atoms with van der Waals surface area (Å²) in [5, 5.41) is 0. The third kappa shape index (κ3) is 4.63. The fraction of sp³-hybridized carbons (Fsp3) is 0.417. The summed E-state index contributed by atoms with van der Waals surface area (Å²) in [5.74, 6) is -0.670. The number of nitrogens with zero attached hydrogens (tertiary/aromatic N) is 1. The highest BCUT2D eigenvalue weighted by Crippen LogP contribution is 2.56. The SMILES string of the molecule is CCCCC(=O)N1c2ccc(OC)cc2C(=C2SC(C(=O)OC)=C(C(=O)OC)S2)C(=S)C1(C)C. The van der Waals surface area contributed by atoms with E-state index in [1.807, 2.05) is 32.9 Å². The van der Waals surface area contributed by atoms with Crippen molar-refractivity contribution in [3.8, 4) is 5.75 Å². The highest BCUT2D eigenvalue weighted by atomic mass is 32.2. The minimum absolute atomic E-state index is 0.0139. The van der Waals surface area contributed by atoms with Crippen LogP contribution in [-0.4, -0.2) is 49.6 Å². The predicted octanol–water partition coefficient (Wildman–Crippen LogP) is 5.09. The Balaban J connectivity index is 2.23. The first-order chi connectivity index (χ1) is 16.1. The number of hydrogen-bond acceptors (Lipinski definition) is 9. The smallest absolute Gasteiger partial charge is 0.346 e. The number of carbonyl (C=O) groups is 3. The summed E-state index contributed by atoms with van der Waals surface area (Å²) in [6.45, 7) is 5.86. The number of unbranched alkanes of at least 4 members (excludes halogenated alkanes) is 1. The Morgan fingerprint density at radius 2 is 1.62 bits per heavy atom. The topological polar surface area (TPSA) is 82.1 Å². The Hall–Kier alpha value is -2.30. The van der Waals surface area contributed by atoms with E-state index in [0.717, 1.165) is 36.4 Å². The molecule has 0 unspecified atom stereocenters. The van der Waals surface area contributed by atoms with Crippen LogP contribution < -0.4 is 9.64 Å². The summed E-state index contributed by atoms with van der Waals surface area (Å²) in [6, 6.07) is 5.48. The lowest BCUT2D eigenvalue weighted by molar-refractivity contribution is -0.138. The zero-order valence-electron chi connectivity index (χ0n) is 20.0. The van der Waals surface area contributed by atoms with E-state index in [-0.39, 0.29) is 15.7 Å². The Labute approximate surface area is 213 Å². The zero-order valence-corrected chi connectivity index (χ0v) is 22.4. The monoisotopic (exact) mass is 521 g/mol. The van der Waals surface area contributed by atoms with Crippen LogP contribution in [0.3, 0.4) is 0 Å². The molecule has 0 radical (unpaired) electrons. The van der Waals surface area contributed by atoms with Crippen LogP contribution in [0.15, 0.2) is 32.2 Å². The summed E-state index contributed by atoms with van der Waals surface area (Å²) < 4.78 is 15.9. The molecule has 0 fully saturated rings. The average Bonchev–Trinajstić information content (AvgIpc) is 3.26. The van der Waals surface area contributed by atoms with Gasteiger partial charge >= 0.3 is 11.9 Å². The number of rotatable bonds is 6. The van der Waals surface area contributed by atoms with Gasteiger partial charge in [0.15, 0.2) is 0 Å². The number of hydrogen-bond donors (Lipinski definition) is 0. The number of benzene rings is 1. The van der Waals surface area contributed by atoms with Crippen LogP contribution in [0.5, 0.6) is 5.75 Å². The molecule has 34 heavy (non-hydrogen) atoms. The van der Waals surface area contributed by atoms with Crippen molar-refractivity contribution in [2.24, 2.45) is 0 Å². The normalized spacial score (nSPS) is 17.0. The molecule has 3 rings (SSSR count). The average molecular weight is 522 g/mol. The third-order valence-corrected chi connectivity index (χ3v) is 8.85. The molecule has 1 aromatic rings. The first-order valence-electron chi connectivity index (χ1n) is 10.7. The molecule has 0 saturated heterocycles. The van der Waals surface area contributed by atoms with Crippen LogP contribution in [0.1, 0.15) is 45.6 Å². The van der Waals surface area contributed by atoms with Crippen molar-refractivity contribution >= 4 is 69.7 Å². The highest BCUT2D eigenvalue weighted by Gasteiger charge is 2.46. The van der Waals surface area contributed by atoms with E-state index in [4.69, 9.17) is 26.4 Å². The highest BCUT2D eigenvalue weighted by molar-refractivity contribution is 8.29. The molecule has 0 saturated carbocycles. The molecule has 0 atom stereocenters. The van der Waals surface area contributed by atoms with Crippen molar-refractivity contribution in [1.82, 2.24) is 0 Å². The van der Waals surface area contributed by atoms with E-state index in [2.05, 4.69) is 0 Å². The number of amides is 1. The molecule has 7 nitrogen and oxygen atoms in total. The molecule has 0 bridgehead atoms. The largest absolute Gasteiger partial charge is 0.497 e. The van der Waals surface area contributed by atoms with Crippen LogP contribution in [-0.2, 0) is 23.9 Å². The van der Waals surface area contributed by atoms with Gasteiger partial charge in [0.05, 0.1) is 41.7 Å². The quantitative estimate of drug-likeness (QED) is 0.289. The molecule has 0 N–H and O–H groups in total. The van der Waals surface area contributed by atoms with Crippen LogP contribution in [0.4, 0.5) is 5.69 Å². The second-order valence-corrected chi connectivity index (χ2v) is 10.8. The second kappa shape index (κ2) is 10.5. The first kappa shape index (κ1) is 26.3. The summed E-state index contributed by atoms with van der Waals surface area (Å²) in [6.07, 6.45) is 2.09. The summed E-state index contributed by atoms with van der Waals surface area (Å²) in [5.41, 5.74) is 1.28. The molecule has 2 aliphatic heterocycles. The van der Waals surface area contributed by atoms with Gasteiger partial charge in [0.25, 0.3) is 0 Å². The number of carbonyl (C=O) groups excluding carboxylic acids is 3. The van der Waals surface area contributed by atoms with Gasteiger partial charge in [-0.05, 0) is 38.5 Å². The molecule has 182 valence electrons. The van der Waals surface area contributed by atoms with E-state index in [0.29, 0.717) is 38.1 Å². The van der Waals surface area contributed by atoms with Gasteiger partial charge in [-0.3, -0.25) is 4.79 Å². The molecular weight excluding hydrogens is 494 g/mol. The number of esters is 2. The van der Waals surface area contributed by atoms with Gasteiger partial charge < -0.3 is 19.1 Å². The Kier molecular flexibility index (Phi) is 8.15. The van der Waals surface area contributed by atoms with E-state index >= 15 is 0 Å². The van der Waals surface area contributed by atoms with Gasteiger partial charge in [-0.1, -0.05) is 49.1 Å². The first-order valence-corrected chi connectivity index (χ1v) is 12.7. The van der Waals surface area contributed by atoms with Gasteiger partial charge in [0, 0.05) is 17.6 Å². The number of thiocarbonyl (C=S) groups is 1. The molecule has 10 heteroatoms. The number of methoxy groups -OCH3 is 3. The fourth-order valence-electron chi connectivity index (χ4n) is 3.81. The minimum Gasteiger partial charge on any atom is -0.497 e. The summed E-state index contributed by atoms with van der Waals surface area (Å²) in [7, 11) is 4.08. The van der Waals surface area contributed by atoms with Crippen LogP contribution in [0.25, 0.3) is 5.57 Å². The molecule has 2 heterocycles. The lowest BCUT2D eigenvalue weighted by atomic mass is 9.83. The van der Waals surface area contributed by atoms with Gasteiger partial charge in [0.2, 0.25) is 5.91 Å². The molecule has 0 spiro atoms. The van der Waals surface area contributed by atoms with Gasteiger partial charge in [-0.25, -0.2) is 9.59 Å². The Bertz CT molecular complexity index is 1090. The summed E-state index contributed by atoms with van der Waals surface area (Å²) in [4.78, 5) is 40.7. The van der Waals surface area contributed by atoms with Crippen molar-refractivity contribution in [3.05, 3.63) is 37.8 Å². The number of ether oxygens (including phenoxy) is 3. The Morgan fingerprint density at radius 1 is 1.03 bits per heavy atom. The van der Waals surface area contributed by atoms with Crippen LogP contribution >= 0.6 is 35.7 Å². The number of fused-ring (bicyclic) bond motifs is 1. The Morgan fingerprint density at radius 3 is 2.12 bits per heavy atom. The van der Waals surface area contributed by atoms with Gasteiger partial charge in [0.1, 0.15) is 15.6 Å². The van der Waals surface area contributed by atoms with Crippen LogP contribution in [0, 0.1) is 0 Å². The molecule has 1 aromatic carbocycles. The molecule has 2 aliphatic rings. The van der Waals surface area contributed by atoms with E-state index in [1.165, 1.54) is 14.2 Å². The predicted molar refractivity (Wildman–Crippen MR) is 140 cm³/mol. The van der Waals surface area contributed by atoms with Crippen molar-refractivity contribution in [3.63, 3.8) is 0 Å². The van der Waals surface area contributed by atoms with Crippen molar-refractivity contribution < 1.29 is 28.6 Å². The lowest BCUT2D eigenvalue weighted by Gasteiger charge is -2.45. The maximum Gasteiger partial charge on any atom is 0.346 e. The molecule has 0 aromatic heterocycles.